The van der Waals surface area contributed by atoms with Crippen molar-refractivity contribution in [1.29, 1.82) is 0 Å². The van der Waals surface area contributed by atoms with Gasteiger partial charge < -0.3 is 20.4 Å². The zero-order chi connectivity index (χ0) is 32.1. The van der Waals surface area contributed by atoms with Crippen molar-refractivity contribution >= 4 is 27.6 Å². The molecule has 0 saturated carbocycles. The Hall–Kier alpha value is -3.72. The molecule has 3 aromatic rings. The van der Waals surface area contributed by atoms with Crippen LogP contribution in [0.15, 0.2) is 66.7 Å². The molecule has 0 spiro atoms. The van der Waals surface area contributed by atoms with Crippen LogP contribution in [0.1, 0.15) is 35.1 Å². The van der Waals surface area contributed by atoms with Crippen LogP contribution in [0.5, 0.6) is 0 Å². The average molecular weight is 637 g/mol. The quantitative estimate of drug-likeness (QED) is 0.243. The number of nitrogens with zero attached hydrogens (tertiary/aromatic N) is 2. The average Bonchev–Trinajstić information content (AvgIpc) is 2.95. The van der Waals surface area contributed by atoms with E-state index < -0.39 is 33.8 Å². The number of carbonyl (C=O) groups excluding carboxylic acids is 1. The van der Waals surface area contributed by atoms with Crippen molar-refractivity contribution < 1.29 is 30.8 Å². The Balaban J connectivity index is 1.46. The highest BCUT2D eigenvalue weighted by molar-refractivity contribution is 7.87. The number of carbonyl (C=O) groups is 1. The predicted molar refractivity (Wildman–Crippen MR) is 162 cm³/mol. The minimum absolute atomic E-state index is 0.0166. The summed E-state index contributed by atoms with van der Waals surface area (Å²) in [7, 11) is 0.0391. The number of hydrogen-bond acceptors (Lipinski definition) is 5. The van der Waals surface area contributed by atoms with Crippen molar-refractivity contribution in [2.45, 2.75) is 44.1 Å². The second-order valence-corrected chi connectivity index (χ2v) is 12.5. The topological polar surface area (TPSA) is 120 Å². The van der Waals surface area contributed by atoms with Crippen LogP contribution in [0.3, 0.4) is 0 Å². The lowest BCUT2D eigenvalue weighted by Gasteiger charge is -2.47. The maximum absolute atomic E-state index is 14.4. The number of nitrogens with one attached hydrogen (secondary N) is 3. The van der Waals surface area contributed by atoms with Crippen LogP contribution in [0.4, 0.5) is 33.7 Å². The lowest BCUT2D eigenvalue weighted by atomic mass is 9.80. The van der Waals surface area contributed by atoms with Gasteiger partial charge in [-0.25, -0.2) is 14.3 Å². The van der Waals surface area contributed by atoms with Gasteiger partial charge in [0.1, 0.15) is 5.82 Å². The van der Waals surface area contributed by atoms with E-state index in [1.165, 1.54) is 23.8 Å². The number of amides is 2. The van der Waals surface area contributed by atoms with Crippen molar-refractivity contribution in [2.24, 2.45) is 5.14 Å². The van der Waals surface area contributed by atoms with Gasteiger partial charge in [0.25, 0.3) is 10.2 Å². The summed E-state index contributed by atoms with van der Waals surface area (Å²) in [5.74, 6) is -0.768. The van der Waals surface area contributed by atoms with Crippen molar-refractivity contribution in [2.75, 3.05) is 37.4 Å². The molecule has 2 amide bonds. The zero-order valence-corrected chi connectivity index (χ0v) is 25.2. The van der Waals surface area contributed by atoms with Crippen molar-refractivity contribution in [3.05, 3.63) is 94.8 Å². The normalized spacial score (nSPS) is 15.3. The molecule has 3 aromatic carbocycles. The van der Waals surface area contributed by atoms with Gasteiger partial charge in [0.05, 0.1) is 5.56 Å². The number of likely N-dealkylation sites (N-methyl/N-ethyl adjacent to an activating group) is 1. The van der Waals surface area contributed by atoms with E-state index in [4.69, 9.17) is 5.14 Å². The molecule has 0 aliphatic carbocycles. The summed E-state index contributed by atoms with van der Waals surface area (Å²) in [6, 6.07) is 16.6. The first kappa shape index (κ1) is 33.2. The third kappa shape index (κ3) is 8.68. The maximum Gasteiger partial charge on any atom is 0.416 e. The molecule has 1 aliphatic heterocycles. The lowest BCUT2D eigenvalue weighted by Crippen LogP contribution is -2.54. The van der Waals surface area contributed by atoms with Crippen LogP contribution in [0.25, 0.3) is 0 Å². The molecule has 1 fully saturated rings. The molecule has 0 radical (unpaired) electrons. The molecule has 9 nitrogen and oxygen atoms in total. The first-order valence-corrected chi connectivity index (χ1v) is 15.5. The summed E-state index contributed by atoms with van der Waals surface area (Å²) in [5, 5.41) is 9.98. The Morgan fingerprint density at radius 3 is 2.23 bits per heavy atom. The number of nitrogens with two attached hydrogens (primary N) is 1. The molecule has 0 unspecified atom stereocenters. The molecule has 0 atom stereocenters. The number of anilines is 2. The third-order valence-electron chi connectivity index (χ3n) is 7.99. The molecule has 0 aromatic heterocycles. The van der Waals surface area contributed by atoms with E-state index in [9.17, 15) is 30.8 Å². The predicted octanol–water partition coefficient (Wildman–Crippen LogP) is 4.60. The Morgan fingerprint density at radius 2 is 1.64 bits per heavy atom. The Kier molecular flexibility index (Phi) is 10.2. The van der Waals surface area contributed by atoms with Crippen LogP contribution in [-0.2, 0) is 35.9 Å². The molecule has 1 aliphatic rings. The molecular formula is C30H36F4N6O3S. The van der Waals surface area contributed by atoms with E-state index in [2.05, 4.69) is 27.7 Å². The minimum Gasteiger partial charge on any atom is -0.371 e. The standard InChI is InChI=1S/C30H36F4N6O3S/c1-39(2)29(18-21-6-4-3-5-7-21)12-14-40(15-13-29)27-16-24(30(32,33)34)10-8-23(27)19-36-28(41)38-25-11-9-22(26(31)17-25)20-37-44(35,42)43/h3-11,16-17,37H,12-15,18-20H2,1-2H3,(H2,35,42,43)(H2,36,38,41). The SMILES string of the molecule is CN(C)C1(Cc2ccccc2)CCN(c2cc(C(F)(F)F)ccc2CNC(=O)Nc2ccc(CNS(N)(=O)=O)c(F)c2)CC1. The van der Waals surface area contributed by atoms with E-state index in [0.717, 1.165) is 37.5 Å². The van der Waals surface area contributed by atoms with E-state index in [-0.39, 0.29) is 29.9 Å². The van der Waals surface area contributed by atoms with Gasteiger partial charge in [-0.05, 0) is 68.8 Å². The number of alkyl halides is 3. The van der Waals surface area contributed by atoms with Gasteiger partial charge in [-0.2, -0.15) is 26.3 Å². The first-order chi connectivity index (χ1) is 20.6. The van der Waals surface area contributed by atoms with Gasteiger partial charge in [0, 0.05) is 48.7 Å². The number of halogens is 4. The van der Waals surface area contributed by atoms with E-state index in [0.29, 0.717) is 24.3 Å². The fraction of sp³-hybridized carbons (Fsp3) is 0.367. The second-order valence-electron chi connectivity index (χ2n) is 11.1. The molecule has 238 valence electrons. The van der Waals surface area contributed by atoms with Crippen molar-refractivity contribution in [3.63, 3.8) is 0 Å². The number of piperidine rings is 1. The third-order valence-corrected chi connectivity index (χ3v) is 8.53. The largest absolute Gasteiger partial charge is 0.416 e. The summed E-state index contributed by atoms with van der Waals surface area (Å²) in [6.07, 6.45) is -2.26. The summed E-state index contributed by atoms with van der Waals surface area (Å²) >= 11 is 0. The van der Waals surface area contributed by atoms with Crippen molar-refractivity contribution in [1.82, 2.24) is 14.9 Å². The van der Waals surface area contributed by atoms with Gasteiger partial charge in [0.15, 0.2) is 0 Å². The molecule has 1 heterocycles. The van der Waals surface area contributed by atoms with Crippen molar-refractivity contribution in [3.8, 4) is 0 Å². The molecule has 0 bridgehead atoms. The first-order valence-electron chi connectivity index (χ1n) is 13.9. The van der Waals surface area contributed by atoms with Gasteiger partial charge >= 0.3 is 12.2 Å². The molecule has 5 N–H and O–H groups in total. The molecule has 1 saturated heterocycles. The van der Waals surface area contributed by atoms with Crippen LogP contribution in [0, 0.1) is 5.82 Å². The summed E-state index contributed by atoms with van der Waals surface area (Å²) in [4.78, 5) is 16.8. The summed E-state index contributed by atoms with van der Waals surface area (Å²) in [6.45, 7) is 0.610. The second kappa shape index (κ2) is 13.5. The molecule has 14 heteroatoms. The Bertz CT molecular complexity index is 1560. The maximum atomic E-state index is 14.4. The number of urea groups is 1. The summed E-state index contributed by atoms with van der Waals surface area (Å²) in [5.41, 5.74) is 1.27. The fourth-order valence-corrected chi connectivity index (χ4v) is 5.76. The Labute approximate surface area is 254 Å². The van der Waals surface area contributed by atoms with Crippen LogP contribution in [0.2, 0.25) is 0 Å². The minimum atomic E-state index is -4.53. The Morgan fingerprint density at radius 1 is 0.977 bits per heavy atom. The molecule has 4 rings (SSSR count). The van der Waals surface area contributed by atoms with Crippen LogP contribution >= 0.6 is 0 Å². The van der Waals surface area contributed by atoms with Gasteiger partial charge in [-0.1, -0.05) is 42.5 Å². The summed E-state index contributed by atoms with van der Waals surface area (Å²) < 4.78 is 79.5. The van der Waals surface area contributed by atoms with Gasteiger partial charge in [0.2, 0.25) is 0 Å². The van der Waals surface area contributed by atoms with Crippen LogP contribution in [-0.4, -0.2) is 52.1 Å². The van der Waals surface area contributed by atoms with E-state index in [1.807, 2.05) is 41.9 Å². The fourth-order valence-electron chi connectivity index (χ4n) is 5.40. The number of hydrogen-bond donors (Lipinski definition) is 4. The zero-order valence-electron chi connectivity index (χ0n) is 24.4. The number of benzene rings is 3. The highest BCUT2D eigenvalue weighted by Gasteiger charge is 2.38. The smallest absolute Gasteiger partial charge is 0.371 e. The van der Waals surface area contributed by atoms with Gasteiger partial charge in [-0.15, -0.1) is 0 Å². The van der Waals surface area contributed by atoms with Gasteiger partial charge in [-0.3, -0.25) is 0 Å². The molecule has 44 heavy (non-hydrogen) atoms. The highest BCUT2D eigenvalue weighted by atomic mass is 32.2. The number of rotatable bonds is 10. The lowest BCUT2D eigenvalue weighted by molar-refractivity contribution is -0.137. The highest BCUT2D eigenvalue weighted by Crippen LogP contribution is 2.37. The monoisotopic (exact) mass is 636 g/mol. The van der Waals surface area contributed by atoms with E-state index in [1.54, 1.807) is 0 Å². The van der Waals surface area contributed by atoms with Crippen LogP contribution < -0.4 is 25.4 Å². The molecular weight excluding hydrogens is 600 g/mol. The van der Waals surface area contributed by atoms with E-state index >= 15 is 0 Å².